The van der Waals surface area contributed by atoms with Crippen LogP contribution in [-0.2, 0) is 23.0 Å². The number of carbonyl (C=O) groups is 1. The lowest BCUT2D eigenvalue weighted by Crippen LogP contribution is -2.23. The molecule has 1 aromatic rings. The van der Waals surface area contributed by atoms with Gasteiger partial charge in [0.05, 0.1) is 12.5 Å². The smallest absolute Gasteiger partial charge is 0.143 e. The minimum absolute atomic E-state index is 0.120. The van der Waals surface area contributed by atoms with Gasteiger partial charge in [0.25, 0.3) is 0 Å². The molecule has 1 atom stereocenters. The summed E-state index contributed by atoms with van der Waals surface area (Å²) in [5, 5.41) is 3.94. The van der Waals surface area contributed by atoms with E-state index in [2.05, 4.69) is 10.1 Å². The minimum Gasteiger partial charge on any atom is -0.378 e. The lowest BCUT2D eigenvalue weighted by Gasteiger charge is -2.21. The van der Waals surface area contributed by atoms with Gasteiger partial charge in [0, 0.05) is 20.1 Å². The number of hydrogen-bond donors (Lipinski definition) is 0. The van der Waals surface area contributed by atoms with Crippen molar-refractivity contribution in [2.45, 2.75) is 38.2 Å². The number of ether oxygens (including phenoxy) is 1. The van der Waals surface area contributed by atoms with E-state index < -0.39 is 0 Å². The maximum Gasteiger partial charge on any atom is 0.143 e. The molecular weight excluding hydrogens is 206 g/mol. The van der Waals surface area contributed by atoms with Crippen LogP contribution in [0.4, 0.5) is 0 Å². The third-order valence-electron chi connectivity index (χ3n) is 2.89. The molecule has 2 heterocycles. The molecule has 5 heteroatoms. The van der Waals surface area contributed by atoms with Gasteiger partial charge in [-0.3, -0.25) is 9.48 Å². The van der Waals surface area contributed by atoms with Gasteiger partial charge in [-0.1, -0.05) is 0 Å². The summed E-state index contributed by atoms with van der Waals surface area (Å²) >= 11 is 0. The van der Waals surface area contributed by atoms with Gasteiger partial charge in [-0.05, 0) is 19.3 Å². The summed E-state index contributed by atoms with van der Waals surface area (Å²) in [6.07, 6.45) is 5.75. The summed E-state index contributed by atoms with van der Waals surface area (Å²) in [6.45, 7) is 0.794. The molecule has 0 amide bonds. The molecule has 1 unspecified atom stereocenters. The Hall–Kier alpha value is -1.23. The molecule has 0 bridgehead atoms. The predicted molar refractivity (Wildman–Crippen MR) is 57.9 cm³/mol. The molecule has 0 aromatic carbocycles. The van der Waals surface area contributed by atoms with E-state index >= 15 is 0 Å². The van der Waals surface area contributed by atoms with Crippen molar-refractivity contribution in [2.75, 3.05) is 6.61 Å². The molecule has 1 aromatic heterocycles. The van der Waals surface area contributed by atoms with Crippen LogP contribution in [0.3, 0.4) is 0 Å². The molecule has 0 spiro atoms. The average Bonchev–Trinajstić information content (AvgIpc) is 2.66. The van der Waals surface area contributed by atoms with Crippen LogP contribution < -0.4 is 0 Å². The Balaban J connectivity index is 1.82. The molecule has 5 nitrogen and oxygen atoms in total. The van der Waals surface area contributed by atoms with Crippen molar-refractivity contribution >= 4 is 5.78 Å². The lowest BCUT2D eigenvalue weighted by molar-refractivity contribution is -0.122. The highest BCUT2D eigenvalue weighted by Gasteiger charge is 2.18. The minimum atomic E-state index is 0.120. The topological polar surface area (TPSA) is 57.0 Å². The van der Waals surface area contributed by atoms with Gasteiger partial charge >= 0.3 is 0 Å². The van der Waals surface area contributed by atoms with Gasteiger partial charge in [-0.15, -0.1) is 0 Å². The number of carbonyl (C=O) groups excluding carboxylic acids is 1. The fourth-order valence-corrected chi connectivity index (χ4v) is 1.95. The Bertz CT molecular complexity index is 356. The van der Waals surface area contributed by atoms with E-state index in [1.54, 1.807) is 11.7 Å². The summed E-state index contributed by atoms with van der Waals surface area (Å²) in [6, 6.07) is 0. The van der Waals surface area contributed by atoms with E-state index in [1.807, 2.05) is 0 Å². The Kier molecular flexibility index (Phi) is 3.66. The molecule has 0 N–H and O–H groups in total. The highest BCUT2D eigenvalue weighted by atomic mass is 16.5. The summed E-state index contributed by atoms with van der Waals surface area (Å²) in [5.41, 5.74) is 0. The van der Waals surface area contributed by atoms with Crippen molar-refractivity contribution in [2.24, 2.45) is 7.05 Å². The summed E-state index contributed by atoms with van der Waals surface area (Å²) in [5.74, 6) is 0.906. The van der Waals surface area contributed by atoms with Crippen LogP contribution >= 0.6 is 0 Å². The second kappa shape index (κ2) is 5.21. The first kappa shape index (κ1) is 11.3. The molecule has 1 fully saturated rings. The fourth-order valence-electron chi connectivity index (χ4n) is 1.95. The normalized spacial score (nSPS) is 20.9. The molecule has 1 aliphatic rings. The van der Waals surface area contributed by atoms with Crippen LogP contribution in [0.1, 0.15) is 31.5 Å². The predicted octanol–water partition coefficient (Wildman–Crippen LogP) is 0.886. The Morgan fingerprint density at radius 1 is 1.62 bits per heavy atom. The maximum atomic E-state index is 11.8. The van der Waals surface area contributed by atoms with Crippen molar-refractivity contribution < 1.29 is 9.53 Å². The van der Waals surface area contributed by atoms with Crippen LogP contribution in [0.5, 0.6) is 0 Å². The highest BCUT2D eigenvalue weighted by molar-refractivity contribution is 5.80. The first-order chi connectivity index (χ1) is 7.75. The van der Waals surface area contributed by atoms with Crippen LogP contribution in [0.2, 0.25) is 0 Å². The second-order valence-corrected chi connectivity index (χ2v) is 4.21. The van der Waals surface area contributed by atoms with Crippen LogP contribution in [0.25, 0.3) is 0 Å². The Morgan fingerprint density at radius 2 is 2.50 bits per heavy atom. The zero-order valence-corrected chi connectivity index (χ0v) is 9.56. The quantitative estimate of drug-likeness (QED) is 0.760. The van der Waals surface area contributed by atoms with E-state index in [0.717, 1.165) is 25.3 Å². The third kappa shape index (κ3) is 2.88. The van der Waals surface area contributed by atoms with Gasteiger partial charge in [-0.25, -0.2) is 4.98 Å². The summed E-state index contributed by atoms with van der Waals surface area (Å²) < 4.78 is 7.17. The molecule has 0 radical (unpaired) electrons. The van der Waals surface area contributed by atoms with E-state index in [9.17, 15) is 4.79 Å². The lowest BCUT2D eigenvalue weighted by atomic mass is 10.0. The first-order valence-electron chi connectivity index (χ1n) is 5.72. The molecule has 16 heavy (non-hydrogen) atoms. The molecule has 2 rings (SSSR count). The SMILES string of the molecule is Cn1ncnc1CC(=O)CC1CCCCO1. The number of ketones is 1. The van der Waals surface area contributed by atoms with Gasteiger partial charge in [0.2, 0.25) is 0 Å². The molecule has 1 aliphatic heterocycles. The van der Waals surface area contributed by atoms with Gasteiger partial charge < -0.3 is 4.74 Å². The standard InChI is InChI=1S/C11H17N3O2/c1-14-11(12-8-13-14)7-9(15)6-10-4-2-3-5-16-10/h8,10H,2-7H2,1H3. The monoisotopic (exact) mass is 223 g/mol. The highest BCUT2D eigenvalue weighted by Crippen LogP contribution is 2.16. The number of Topliss-reactive ketones (excluding diaryl/α,β-unsaturated/α-hetero) is 1. The molecule has 0 saturated carbocycles. The van der Waals surface area contributed by atoms with Crippen LogP contribution in [0.15, 0.2) is 6.33 Å². The van der Waals surface area contributed by atoms with Crippen molar-refractivity contribution in [1.29, 1.82) is 0 Å². The number of aromatic nitrogens is 3. The summed E-state index contributed by atoms with van der Waals surface area (Å²) in [7, 11) is 1.80. The average molecular weight is 223 g/mol. The van der Waals surface area contributed by atoms with Crippen LogP contribution in [-0.4, -0.2) is 33.3 Å². The van der Waals surface area contributed by atoms with Gasteiger partial charge in [0.15, 0.2) is 0 Å². The fraction of sp³-hybridized carbons (Fsp3) is 0.727. The Morgan fingerprint density at radius 3 is 3.12 bits per heavy atom. The summed E-state index contributed by atoms with van der Waals surface area (Å²) in [4.78, 5) is 15.8. The number of nitrogens with zero attached hydrogens (tertiary/aromatic N) is 3. The third-order valence-corrected chi connectivity index (χ3v) is 2.89. The number of hydrogen-bond acceptors (Lipinski definition) is 4. The maximum absolute atomic E-state index is 11.8. The molecule has 1 saturated heterocycles. The van der Waals surface area contributed by atoms with Crippen molar-refractivity contribution in [1.82, 2.24) is 14.8 Å². The molecular formula is C11H17N3O2. The Labute approximate surface area is 94.8 Å². The van der Waals surface area contributed by atoms with Crippen molar-refractivity contribution in [3.05, 3.63) is 12.2 Å². The largest absolute Gasteiger partial charge is 0.378 e. The van der Waals surface area contributed by atoms with Gasteiger partial charge in [0.1, 0.15) is 17.9 Å². The van der Waals surface area contributed by atoms with Crippen molar-refractivity contribution in [3.63, 3.8) is 0 Å². The number of rotatable bonds is 4. The van der Waals surface area contributed by atoms with E-state index in [-0.39, 0.29) is 11.9 Å². The first-order valence-corrected chi connectivity index (χ1v) is 5.72. The van der Waals surface area contributed by atoms with Crippen molar-refractivity contribution in [3.8, 4) is 0 Å². The molecule has 0 aliphatic carbocycles. The zero-order valence-electron chi connectivity index (χ0n) is 9.56. The van der Waals surface area contributed by atoms with E-state index in [4.69, 9.17) is 4.74 Å². The zero-order chi connectivity index (χ0) is 11.4. The molecule has 88 valence electrons. The van der Waals surface area contributed by atoms with E-state index in [0.29, 0.717) is 12.8 Å². The number of aryl methyl sites for hydroxylation is 1. The van der Waals surface area contributed by atoms with Crippen LogP contribution in [0, 0.1) is 0 Å². The van der Waals surface area contributed by atoms with Gasteiger partial charge in [-0.2, -0.15) is 5.10 Å². The second-order valence-electron chi connectivity index (χ2n) is 4.21. The van der Waals surface area contributed by atoms with E-state index in [1.165, 1.54) is 12.7 Å².